The number of nitrogens with one attached hydrogen (secondary N) is 1. The third kappa shape index (κ3) is 3.25. The van der Waals surface area contributed by atoms with Crippen LogP contribution in [0.4, 0.5) is 4.39 Å². The molecule has 1 aromatic heterocycles. The van der Waals surface area contributed by atoms with Crippen LogP contribution in [0, 0.1) is 5.82 Å². The van der Waals surface area contributed by atoms with E-state index in [1.54, 1.807) is 12.1 Å². The van der Waals surface area contributed by atoms with Gasteiger partial charge in [-0.1, -0.05) is 17.3 Å². The number of benzene rings is 1. The van der Waals surface area contributed by atoms with E-state index in [1.807, 2.05) is 19.9 Å². The summed E-state index contributed by atoms with van der Waals surface area (Å²) in [7, 11) is 0. The SMILES string of the molecule is CC(=O)NC(C)(C)c1noc(C2CC(c3cccc(F)c3)C2)n1. The van der Waals surface area contributed by atoms with Crippen molar-refractivity contribution in [2.24, 2.45) is 0 Å². The summed E-state index contributed by atoms with van der Waals surface area (Å²) < 4.78 is 18.6. The lowest BCUT2D eigenvalue weighted by Crippen LogP contribution is -2.40. The molecule has 0 bridgehead atoms. The maximum Gasteiger partial charge on any atom is 0.229 e. The summed E-state index contributed by atoms with van der Waals surface area (Å²) >= 11 is 0. The summed E-state index contributed by atoms with van der Waals surface area (Å²) in [6.45, 7) is 5.12. The molecule has 6 heteroatoms. The van der Waals surface area contributed by atoms with E-state index >= 15 is 0 Å². The average Bonchev–Trinajstić information content (AvgIpc) is 2.86. The van der Waals surface area contributed by atoms with Crippen molar-refractivity contribution < 1.29 is 13.7 Å². The first-order valence-electron chi connectivity index (χ1n) is 7.73. The largest absolute Gasteiger partial charge is 0.344 e. The van der Waals surface area contributed by atoms with Gasteiger partial charge in [-0.15, -0.1) is 0 Å². The maximum atomic E-state index is 13.3. The van der Waals surface area contributed by atoms with Gasteiger partial charge in [-0.3, -0.25) is 4.79 Å². The fraction of sp³-hybridized carbons (Fsp3) is 0.471. The highest BCUT2D eigenvalue weighted by atomic mass is 19.1. The van der Waals surface area contributed by atoms with Gasteiger partial charge in [-0.05, 0) is 50.3 Å². The van der Waals surface area contributed by atoms with Gasteiger partial charge in [0.2, 0.25) is 11.8 Å². The number of carbonyl (C=O) groups excluding carboxylic acids is 1. The summed E-state index contributed by atoms with van der Waals surface area (Å²) in [6, 6.07) is 6.72. The Balaban J connectivity index is 1.66. The highest BCUT2D eigenvalue weighted by Gasteiger charge is 2.37. The lowest BCUT2D eigenvalue weighted by atomic mass is 9.71. The van der Waals surface area contributed by atoms with Gasteiger partial charge in [0.15, 0.2) is 5.82 Å². The molecule has 1 amide bonds. The van der Waals surface area contributed by atoms with Gasteiger partial charge in [0, 0.05) is 12.8 Å². The topological polar surface area (TPSA) is 68.0 Å². The Morgan fingerprint density at radius 1 is 1.35 bits per heavy atom. The second-order valence-corrected chi connectivity index (χ2v) is 6.68. The molecule has 1 fully saturated rings. The summed E-state index contributed by atoms with van der Waals surface area (Å²) in [6.07, 6.45) is 1.73. The molecule has 1 heterocycles. The van der Waals surface area contributed by atoms with Crippen LogP contribution < -0.4 is 5.32 Å². The Bertz CT molecular complexity index is 720. The summed E-state index contributed by atoms with van der Waals surface area (Å²) in [5.41, 5.74) is 0.346. The molecular weight excluding hydrogens is 297 g/mol. The van der Waals surface area contributed by atoms with Crippen LogP contribution in [0.25, 0.3) is 0 Å². The Hall–Kier alpha value is -2.24. The Kier molecular flexibility index (Phi) is 3.92. The van der Waals surface area contributed by atoms with Crippen molar-refractivity contribution in [3.8, 4) is 0 Å². The third-order valence-electron chi connectivity index (χ3n) is 4.30. The molecule has 3 rings (SSSR count). The van der Waals surface area contributed by atoms with Gasteiger partial charge in [0.05, 0.1) is 5.54 Å². The van der Waals surface area contributed by atoms with Gasteiger partial charge < -0.3 is 9.84 Å². The van der Waals surface area contributed by atoms with Crippen LogP contribution in [0.5, 0.6) is 0 Å². The average molecular weight is 317 g/mol. The number of hydrogen-bond acceptors (Lipinski definition) is 4. The van der Waals surface area contributed by atoms with Crippen LogP contribution >= 0.6 is 0 Å². The Labute approximate surface area is 134 Å². The van der Waals surface area contributed by atoms with Crippen LogP contribution in [0.15, 0.2) is 28.8 Å². The molecule has 1 saturated carbocycles. The molecule has 2 aromatic rings. The zero-order chi connectivity index (χ0) is 16.6. The third-order valence-corrected chi connectivity index (χ3v) is 4.30. The van der Waals surface area contributed by atoms with Crippen LogP contribution in [-0.2, 0) is 10.3 Å². The zero-order valence-corrected chi connectivity index (χ0v) is 13.5. The molecule has 1 aliphatic carbocycles. The van der Waals surface area contributed by atoms with Crippen LogP contribution in [0.1, 0.15) is 62.7 Å². The van der Waals surface area contributed by atoms with E-state index in [4.69, 9.17) is 4.52 Å². The summed E-state index contributed by atoms with van der Waals surface area (Å²) in [5, 5.41) is 6.79. The molecule has 0 spiro atoms. The number of rotatable bonds is 4. The van der Waals surface area contributed by atoms with Crippen molar-refractivity contribution in [3.63, 3.8) is 0 Å². The fourth-order valence-corrected chi connectivity index (χ4v) is 3.00. The molecule has 23 heavy (non-hydrogen) atoms. The van der Waals surface area contributed by atoms with Crippen molar-refractivity contribution >= 4 is 5.91 Å². The highest BCUT2D eigenvalue weighted by molar-refractivity contribution is 5.73. The molecule has 122 valence electrons. The van der Waals surface area contributed by atoms with Gasteiger partial charge >= 0.3 is 0 Å². The van der Waals surface area contributed by atoms with E-state index in [9.17, 15) is 9.18 Å². The minimum Gasteiger partial charge on any atom is -0.344 e. The van der Waals surface area contributed by atoms with Crippen molar-refractivity contribution in [2.45, 2.75) is 51.0 Å². The summed E-state index contributed by atoms with van der Waals surface area (Å²) in [5.74, 6) is 1.23. The smallest absolute Gasteiger partial charge is 0.229 e. The minimum atomic E-state index is -0.667. The van der Waals surface area contributed by atoms with Crippen LogP contribution in [0.2, 0.25) is 0 Å². The molecule has 0 saturated heterocycles. The predicted molar refractivity (Wildman–Crippen MR) is 82.3 cm³/mol. The van der Waals surface area contributed by atoms with E-state index in [1.165, 1.54) is 13.0 Å². The minimum absolute atomic E-state index is 0.142. The number of amides is 1. The highest BCUT2D eigenvalue weighted by Crippen LogP contribution is 2.47. The Morgan fingerprint density at radius 3 is 2.74 bits per heavy atom. The lowest BCUT2D eigenvalue weighted by molar-refractivity contribution is -0.120. The molecule has 1 aliphatic rings. The molecule has 0 atom stereocenters. The van der Waals surface area contributed by atoms with Gasteiger partial charge in [0.1, 0.15) is 5.82 Å². The van der Waals surface area contributed by atoms with Crippen LogP contribution in [0.3, 0.4) is 0 Å². The Morgan fingerprint density at radius 2 is 2.09 bits per heavy atom. The van der Waals surface area contributed by atoms with E-state index in [2.05, 4.69) is 15.5 Å². The van der Waals surface area contributed by atoms with Crippen molar-refractivity contribution in [2.75, 3.05) is 0 Å². The van der Waals surface area contributed by atoms with Crippen molar-refractivity contribution in [1.29, 1.82) is 0 Å². The van der Waals surface area contributed by atoms with Crippen molar-refractivity contribution in [1.82, 2.24) is 15.5 Å². The molecule has 0 aliphatic heterocycles. The van der Waals surface area contributed by atoms with Gasteiger partial charge in [-0.2, -0.15) is 4.98 Å². The normalized spacial score (nSPS) is 20.9. The maximum absolute atomic E-state index is 13.3. The lowest BCUT2D eigenvalue weighted by Gasteiger charge is -2.33. The first-order valence-corrected chi connectivity index (χ1v) is 7.73. The van der Waals surface area contributed by atoms with E-state index in [0.717, 1.165) is 18.4 Å². The number of nitrogens with zero attached hydrogens (tertiary/aromatic N) is 2. The van der Waals surface area contributed by atoms with Crippen molar-refractivity contribution in [3.05, 3.63) is 47.4 Å². The number of carbonyl (C=O) groups is 1. The predicted octanol–water partition coefficient (Wildman–Crippen LogP) is 3.24. The number of halogens is 1. The van der Waals surface area contributed by atoms with Gasteiger partial charge in [-0.25, -0.2) is 4.39 Å². The quantitative estimate of drug-likeness (QED) is 0.940. The van der Waals surface area contributed by atoms with Gasteiger partial charge in [0.25, 0.3) is 0 Å². The molecular formula is C17H20FN3O2. The molecule has 0 unspecified atom stereocenters. The second-order valence-electron chi connectivity index (χ2n) is 6.68. The molecule has 5 nitrogen and oxygen atoms in total. The van der Waals surface area contributed by atoms with E-state index in [0.29, 0.717) is 17.6 Å². The standard InChI is InChI=1S/C17H20FN3O2/c1-10(22)20-17(2,3)16-19-15(23-21-16)13-7-12(8-13)11-5-4-6-14(18)9-11/h4-6,9,12-13H,7-8H2,1-3H3,(H,20,22). The molecule has 1 aromatic carbocycles. The second kappa shape index (κ2) is 5.76. The summed E-state index contributed by atoms with van der Waals surface area (Å²) in [4.78, 5) is 15.7. The van der Waals surface area contributed by atoms with E-state index < -0.39 is 5.54 Å². The first kappa shape index (κ1) is 15.6. The zero-order valence-electron chi connectivity index (χ0n) is 13.5. The molecule has 0 radical (unpaired) electrons. The fourth-order valence-electron chi connectivity index (χ4n) is 3.00. The van der Waals surface area contributed by atoms with E-state index in [-0.39, 0.29) is 17.6 Å². The van der Waals surface area contributed by atoms with Crippen LogP contribution in [-0.4, -0.2) is 16.0 Å². The molecule has 1 N–H and O–H groups in total. The number of aromatic nitrogens is 2. The first-order chi connectivity index (χ1) is 10.8. The monoisotopic (exact) mass is 317 g/mol. The number of hydrogen-bond donors (Lipinski definition) is 1.